The van der Waals surface area contributed by atoms with E-state index in [1.807, 2.05) is 17.8 Å². The summed E-state index contributed by atoms with van der Waals surface area (Å²) in [5.74, 6) is 0.546. The van der Waals surface area contributed by atoms with Gasteiger partial charge in [0.2, 0.25) is 5.70 Å². The van der Waals surface area contributed by atoms with Gasteiger partial charge in [-0.1, -0.05) is 51.1 Å². The van der Waals surface area contributed by atoms with Crippen molar-refractivity contribution in [1.82, 2.24) is 9.78 Å². The smallest absolute Gasteiger partial charge is 0.203 e. The average molecular weight is 347 g/mol. The first-order chi connectivity index (χ1) is 12.3. The summed E-state index contributed by atoms with van der Waals surface area (Å²) in [6, 6.07) is 10.4. The molecule has 1 heterocycles. The molecule has 1 aromatic heterocycles. The number of hydrogen-bond acceptors (Lipinski definition) is 2. The maximum Gasteiger partial charge on any atom is 0.203 e. The van der Waals surface area contributed by atoms with Gasteiger partial charge in [0, 0.05) is 29.0 Å². The van der Waals surface area contributed by atoms with Crippen molar-refractivity contribution in [3.63, 3.8) is 0 Å². The van der Waals surface area contributed by atoms with E-state index in [-0.39, 0.29) is 17.1 Å². The Balaban J connectivity index is 1.93. The number of nitrogens with zero attached hydrogens (tertiary/aromatic N) is 3. The molecular formula is C22H25N3O. The zero-order valence-electron chi connectivity index (χ0n) is 15.9. The lowest BCUT2D eigenvalue weighted by molar-refractivity contribution is 0.0627. The zero-order chi connectivity index (χ0) is 18.7. The minimum atomic E-state index is -0.408. The van der Waals surface area contributed by atoms with Gasteiger partial charge in [0.15, 0.2) is 0 Å². The van der Waals surface area contributed by atoms with Crippen LogP contribution >= 0.6 is 0 Å². The molecule has 4 heteroatoms. The predicted molar refractivity (Wildman–Crippen MR) is 102 cm³/mol. The Labute approximate surface area is 155 Å². The van der Waals surface area contributed by atoms with Crippen molar-refractivity contribution in [2.24, 2.45) is 18.4 Å². The second kappa shape index (κ2) is 5.48. The number of aromatic nitrogens is 2. The monoisotopic (exact) mass is 347 g/mol. The summed E-state index contributed by atoms with van der Waals surface area (Å²) in [5.41, 5.74) is 4.64. The van der Waals surface area contributed by atoms with Crippen molar-refractivity contribution in [2.75, 3.05) is 0 Å². The van der Waals surface area contributed by atoms with E-state index in [0.29, 0.717) is 12.1 Å². The Morgan fingerprint density at radius 1 is 1.23 bits per heavy atom. The summed E-state index contributed by atoms with van der Waals surface area (Å²) in [6.45, 7) is 13.9. The van der Waals surface area contributed by atoms with Gasteiger partial charge < -0.3 is 5.11 Å². The standard InChI is InChI=1S/C22H25N3O/c1-21(2)17-12-11-15-18(14-9-7-6-8-10-14)25(5)24-19(15)22(17,3)13-16(23-4)20(21)26/h6-10,17,26H,11-13H2,1-3,5H3/t17-,22-/m0/s1. The van der Waals surface area contributed by atoms with Crippen LogP contribution in [0.15, 0.2) is 41.8 Å². The van der Waals surface area contributed by atoms with Crippen LogP contribution in [0.4, 0.5) is 0 Å². The summed E-state index contributed by atoms with van der Waals surface area (Å²) in [7, 11) is 2.01. The van der Waals surface area contributed by atoms with Gasteiger partial charge in [-0.05, 0) is 25.2 Å². The fourth-order valence-corrected chi connectivity index (χ4v) is 5.42. The molecule has 0 bridgehead atoms. The third kappa shape index (κ3) is 2.10. The average Bonchev–Trinajstić information content (AvgIpc) is 2.96. The van der Waals surface area contributed by atoms with Crippen molar-refractivity contribution in [1.29, 1.82) is 0 Å². The Morgan fingerprint density at radius 2 is 1.92 bits per heavy atom. The van der Waals surface area contributed by atoms with Crippen molar-refractivity contribution in [3.05, 3.63) is 64.5 Å². The molecule has 0 aliphatic heterocycles. The highest BCUT2D eigenvalue weighted by molar-refractivity contribution is 5.66. The number of aryl methyl sites for hydroxylation is 1. The van der Waals surface area contributed by atoms with Crippen LogP contribution in [-0.4, -0.2) is 14.9 Å². The van der Waals surface area contributed by atoms with Crippen LogP contribution in [-0.2, 0) is 18.9 Å². The molecule has 0 fully saturated rings. The van der Waals surface area contributed by atoms with Crippen LogP contribution in [0.3, 0.4) is 0 Å². The first kappa shape index (κ1) is 16.9. The van der Waals surface area contributed by atoms with E-state index in [1.54, 1.807) is 0 Å². The SMILES string of the molecule is [C-]#[N+]C1=C(O)C(C)(C)[C@@H]2CCc3c(nn(C)c3-c3ccccc3)[C@@]2(C)C1. The molecule has 0 saturated heterocycles. The molecule has 4 nitrogen and oxygen atoms in total. The minimum Gasteiger partial charge on any atom is -0.523 e. The fourth-order valence-electron chi connectivity index (χ4n) is 5.42. The van der Waals surface area contributed by atoms with Gasteiger partial charge in [-0.2, -0.15) is 5.10 Å². The lowest BCUT2D eigenvalue weighted by Gasteiger charge is -2.52. The lowest BCUT2D eigenvalue weighted by atomic mass is 9.52. The molecule has 2 aliphatic carbocycles. The first-order valence-corrected chi connectivity index (χ1v) is 9.22. The Bertz CT molecular complexity index is 946. The van der Waals surface area contributed by atoms with Crippen molar-refractivity contribution < 1.29 is 5.11 Å². The van der Waals surface area contributed by atoms with Gasteiger partial charge in [-0.15, -0.1) is 0 Å². The summed E-state index contributed by atoms with van der Waals surface area (Å²) in [6.07, 6.45) is 2.52. The van der Waals surface area contributed by atoms with Crippen molar-refractivity contribution in [2.45, 2.75) is 45.4 Å². The van der Waals surface area contributed by atoms with Crippen LogP contribution in [0.2, 0.25) is 0 Å². The van der Waals surface area contributed by atoms with Crippen LogP contribution < -0.4 is 0 Å². The van der Waals surface area contributed by atoms with Gasteiger partial charge in [0.25, 0.3) is 0 Å². The molecule has 26 heavy (non-hydrogen) atoms. The van der Waals surface area contributed by atoms with Crippen molar-refractivity contribution >= 4 is 0 Å². The molecule has 2 aromatic rings. The maximum atomic E-state index is 10.7. The second-order valence-electron chi connectivity index (χ2n) is 8.48. The molecule has 2 atom stereocenters. The second-order valence-corrected chi connectivity index (χ2v) is 8.48. The molecule has 1 N–H and O–H groups in total. The van der Waals surface area contributed by atoms with Crippen LogP contribution in [0, 0.1) is 17.9 Å². The molecule has 0 unspecified atom stereocenters. The van der Waals surface area contributed by atoms with E-state index < -0.39 is 5.41 Å². The molecule has 134 valence electrons. The third-order valence-corrected chi connectivity index (χ3v) is 6.61. The number of aliphatic hydroxyl groups is 1. The van der Waals surface area contributed by atoms with Crippen LogP contribution in [0.5, 0.6) is 0 Å². The molecular weight excluding hydrogens is 322 g/mol. The molecule has 1 aromatic carbocycles. The number of benzene rings is 1. The quantitative estimate of drug-likeness (QED) is 0.736. The summed E-state index contributed by atoms with van der Waals surface area (Å²) < 4.78 is 2.00. The fraction of sp³-hybridized carbons (Fsp3) is 0.455. The molecule has 0 spiro atoms. The van der Waals surface area contributed by atoms with E-state index >= 15 is 0 Å². The van der Waals surface area contributed by atoms with Gasteiger partial charge >= 0.3 is 0 Å². The predicted octanol–water partition coefficient (Wildman–Crippen LogP) is 5.03. The summed E-state index contributed by atoms with van der Waals surface area (Å²) in [5, 5.41) is 15.6. The van der Waals surface area contributed by atoms with Gasteiger partial charge in [-0.3, -0.25) is 4.68 Å². The highest BCUT2D eigenvalue weighted by atomic mass is 16.3. The largest absolute Gasteiger partial charge is 0.523 e. The van der Waals surface area contributed by atoms with E-state index in [2.05, 4.69) is 49.9 Å². The lowest BCUT2D eigenvalue weighted by Crippen LogP contribution is -2.49. The number of hydrogen-bond donors (Lipinski definition) is 1. The third-order valence-electron chi connectivity index (χ3n) is 6.61. The maximum absolute atomic E-state index is 10.7. The number of rotatable bonds is 1. The highest BCUT2D eigenvalue weighted by Crippen LogP contribution is 2.59. The summed E-state index contributed by atoms with van der Waals surface area (Å²) in [4.78, 5) is 3.67. The van der Waals surface area contributed by atoms with Crippen molar-refractivity contribution in [3.8, 4) is 11.3 Å². The van der Waals surface area contributed by atoms with E-state index in [1.165, 1.54) is 16.8 Å². The molecule has 0 radical (unpaired) electrons. The molecule has 2 aliphatic rings. The first-order valence-electron chi connectivity index (χ1n) is 9.22. The van der Waals surface area contributed by atoms with Gasteiger partial charge in [0.1, 0.15) is 5.76 Å². The molecule has 4 rings (SSSR count). The van der Waals surface area contributed by atoms with Gasteiger partial charge in [-0.25, -0.2) is 4.85 Å². The zero-order valence-corrected chi connectivity index (χ0v) is 15.9. The van der Waals surface area contributed by atoms with Crippen LogP contribution in [0.25, 0.3) is 16.1 Å². The van der Waals surface area contributed by atoms with Gasteiger partial charge in [0.05, 0.1) is 18.0 Å². The van der Waals surface area contributed by atoms with E-state index in [9.17, 15) is 5.11 Å². The van der Waals surface area contributed by atoms with E-state index in [0.717, 1.165) is 18.5 Å². The van der Waals surface area contributed by atoms with Crippen LogP contribution in [0.1, 0.15) is 44.9 Å². The Hall–Kier alpha value is -2.54. The minimum absolute atomic E-state index is 0.228. The molecule has 0 saturated carbocycles. The Kier molecular flexibility index (Phi) is 3.56. The summed E-state index contributed by atoms with van der Waals surface area (Å²) >= 11 is 0. The normalized spacial score (nSPS) is 26.8. The number of allylic oxidation sites excluding steroid dienone is 2. The number of aliphatic hydroxyl groups excluding tert-OH is 1. The topological polar surface area (TPSA) is 42.4 Å². The molecule has 0 amide bonds. The Morgan fingerprint density at radius 3 is 2.58 bits per heavy atom. The highest BCUT2D eigenvalue weighted by Gasteiger charge is 2.55. The number of fused-ring (bicyclic) bond motifs is 3. The van der Waals surface area contributed by atoms with E-state index in [4.69, 9.17) is 11.7 Å².